The van der Waals surface area contributed by atoms with Gasteiger partial charge in [-0.2, -0.15) is 0 Å². The van der Waals surface area contributed by atoms with Crippen molar-refractivity contribution in [2.24, 2.45) is 0 Å². The highest BCUT2D eigenvalue weighted by molar-refractivity contribution is 9.10. The van der Waals surface area contributed by atoms with Crippen molar-refractivity contribution < 1.29 is 13.5 Å². The molecule has 0 aliphatic heterocycles. The molecule has 112 valence electrons. The highest BCUT2D eigenvalue weighted by atomic mass is 79.9. The van der Waals surface area contributed by atoms with E-state index < -0.39 is 0 Å². The van der Waals surface area contributed by atoms with Crippen molar-refractivity contribution in [3.63, 3.8) is 0 Å². The minimum atomic E-state index is -0.336. The van der Waals surface area contributed by atoms with Crippen LogP contribution in [0.2, 0.25) is 0 Å². The standard InChI is InChI=1S/C16H17BrFNO2/c1-10-6-13(21-16(10)8-19-11-2-3-11)9-20-12-4-5-14(17)15(18)7-12/h4-7,11,19H,2-3,8-9H2,1H3. The van der Waals surface area contributed by atoms with Crippen molar-refractivity contribution >= 4 is 15.9 Å². The quantitative estimate of drug-likeness (QED) is 0.839. The number of benzene rings is 1. The van der Waals surface area contributed by atoms with E-state index in [0.717, 1.165) is 23.6 Å². The fourth-order valence-electron chi connectivity index (χ4n) is 2.08. The number of halogens is 2. The molecular formula is C16H17BrFNO2. The molecule has 1 aromatic carbocycles. The van der Waals surface area contributed by atoms with E-state index in [1.807, 2.05) is 13.0 Å². The van der Waals surface area contributed by atoms with Crippen molar-refractivity contribution in [2.75, 3.05) is 0 Å². The van der Waals surface area contributed by atoms with Gasteiger partial charge in [0.2, 0.25) is 0 Å². The number of furan rings is 1. The van der Waals surface area contributed by atoms with Crippen LogP contribution in [0.5, 0.6) is 5.75 Å². The third-order valence-corrected chi connectivity index (χ3v) is 4.12. The SMILES string of the molecule is Cc1cc(COc2ccc(Br)c(F)c2)oc1CNC1CC1. The molecule has 1 aliphatic carbocycles. The van der Waals surface area contributed by atoms with Gasteiger partial charge < -0.3 is 14.5 Å². The second-order valence-electron chi connectivity index (χ2n) is 5.34. The summed E-state index contributed by atoms with van der Waals surface area (Å²) in [7, 11) is 0. The minimum Gasteiger partial charge on any atom is -0.486 e. The van der Waals surface area contributed by atoms with Crippen molar-refractivity contribution in [3.05, 3.63) is 51.6 Å². The lowest BCUT2D eigenvalue weighted by atomic mass is 10.2. The van der Waals surface area contributed by atoms with Crippen LogP contribution in [0.25, 0.3) is 0 Å². The van der Waals surface area contributed by atoms with Crippen LogP contribution in [-0.2, 0) is 13.2 Å². The Hall–Kier alpha value is -1.33. The molecular weight excluding hydrogens is 337 g/mol. The Balaban J connectivity index is 1.59. The summed E-state index contributed by atoms with van der Waals surface area (Å²) in [5.41, 5.74) is 1.11. The number of hydrogen-bond donors (Lipinski definition) is 1. The molecule has 0 bridgehead atoms. The van der Waals surface area contributed by atoms with Crippen LogP contribution in [0.1, 0.15) is 29.9 Å². The van der Waals surface area contributed by atoms with E-state index in [-0.39, 0.29) is 5.82 Å². The molecule has 1 saturated carbocycles. The van der Waals surface area contributed by atoms with Gasteiger partial charge in [0.05, 0.1) is 11.0 Å². The highest BCUT2D eigenvalue weighted by Gasteiger charge is 2.21. The van der Waals surface area contributed by atoms with Gasteiger partial charge >= 0.3 is 0 Å². The number of nitrogens with one attached hydrogen (secondary N) is 1. The Morgan fingerprint density at radius 1 is 1.38 bits per heavy atom. The monoisotopic (exact) mass is 353 g/mol. The van der Waals surface area contributed by atoms with E-state index in [9.17, 15) is 4.39 Å². The van der Waals surface area contributed by atoms with E-state index in [1.165, 1.54) is 18.9 Å². The lowest BCUT2D eigenvalue weighted by Gasteiger charge is -2.05. The van der Waals surface area contributed by atoms with Gasteiger partial charge in [0.25, 0.3) is 0 Å². The van der Waals surface area contributed by atoms with Crippen molar-refractivity contribution in [2.45, 2.75) is 39.0 Å². The summed E-state index contributed by atoms with van der Waals surface area (Å²) in [6.07, 6.45) is 2.51. The fraction of sp³-hybridized carbons (Fsp3) is 0.375. The second kappa shape index (κ2) is 6.20. The smallest absolute Gasteiger partial charge is 0.146 e. The summed E-state index contributed by atoms with van der Waals surface area (Å²) in [5.74, 6) is 1.85. The average Bonchev–Trinajstić information content (AvgIpc) is 3.22. The van der Waals surface area contributed by atoms with Gasteiger partial charge in [-0.1, -0.05) is 0 Å². The molecule has 0 amide bonds. The van der Waals surface area contributed by atoms with E-state index in [0.29, 0.717) is 22.9 Å². The normalized spacial score (nSPS) is 14.4. The van der Waals surface area contributed by atoms with Crippen molar-refractivity contribution in [1.29, 1.82) is 0 Å². The first-order chi connectivity index (χ1) is 10.1. The lowest BCUT2D eigenvalue weighted by Crippen LogP contribution is -2.15. The molecule has 0 radical (unpaired) electrons. The molecule has 1 N–H and O–H groups in total. The van der Waals surface area contributed by atoms with Gasteiger partial charge in [-0.3, -0.25) is 0 Å². The molecule has 1 aliphatic rings. The van der Waals surface area contributed by atoms with Crippen LogP contribution in [-0.4, -0.2) is 6.04 Å². The van der Waals surface area contributed by atoms with Gasteiger partial charge in [-0.25, -0.2) is 4.39 Å². The van der Waals surface area contributed by atoms with Gasteiger partial charge in [-0.05, 0) is 59.5 Å². The number of rotatable bonds is 6. The van der Waals surface area contributed by atoms with Gasteiger partial charge in [0, 0.05) is 12.1 Å². The van der Waals surface area contributed by atoms with E-state index in [2.05, 4.69) is 21.2 Å². The summed E-state index contributed by atoms with van der Waals surface area (Å²) in [6, 6.07) is 7.33. The van der Waals surface area contributed by atoms with Crippen molar-refractivity contribution in [1.82, 2.24) is 5.32 Å². The van der Waals surface area contributed by atoms with E-state index in [1.54, 1.807) is 12.1 Å². The molecule has 3 rings (SSSR count). The third-order valence-electron chi connectivity index (χ3n) is 3.47. The van der Waals surface area contributed by atoms with Crippen LogP contribution in [0, 0.1) is 12.7 Å². The third kappa shape index (κ3) is 3.86. The topological polar surface area (TPSA) is 34.4 Å². The maximum atomic E-state index is 13.4. The minimum absolute atomic E-state index is 0.297. The molecule has 1 aromatic heterocycles. The molecule has 2 aromatic rings. The fourth-order valence-corrected chi connectivity index (χ4v) is 2.33. The Labute approximate surface area is 131 Å². The largest absolute Gasteiger partial charge is 0.486 e. The summed E-state index contributed by atoms with van der Waals surface area (Å²) in [6.45, 7) is 3.07. The predicted molar refractivity (Wildman–Crippen MR) is 81.7 cm³/mol. The molecule has 0 saturated heterocycles. The first kappa shape index (κ1) is 14.6. The number of ether oxygens (including phenoxy) is 1. The zero-order valence-corrected chi connectivity index (χ0v) is 13.4. The maximum Gasteiger partial charge on any atom is 0.146 e. The molecule has 0 spiro atoms. The first-order valence-electron chi connectivity index (χ1n) is 7.01. The maximum absolute atomic E-state index is 13.4. The molecule has 21 heavy (non-hydrogen) atoms. The molecule has 0 atom stereocenters. The second-order valence-corrected chi connectivity index (χ2v) is 6.19. The van der Waals surface area contributed by atoms with Crippen LogP contribution in [0.15, 0.2) is 33.2 Å². The lowest BCUT2D eigenvalue weighted by molar-refractivity contribution is 0.264. The molecule has 0 unspecified atom stereocenters. The van der Waals surface area contributed by atoms with Gasteiger partial charge in [-0.15, -0.1) is 0 Å². The van der Waals surface area contributed by atoms with Gasteiger partial charge in [0.15, 0.2) is 0 Å². The Morgan fingerprint density at radius 2 is 2.19 bits per heavy atom. The van der Waals surface area contributed by atoms with Gasteiger partial charge in [0.1, 0.15) is 29.7 Å². The Bertz CT molecular complexity index is 637. The summed E-state index contributed by atoms with van der Waals surface area (Å²) < 4.78 is 25.2. The number of hydrogen-bond acceptors (Lipinski definition) is 3. The molecule has 1 heterocycles. The molecule has 1 fully saturated rings. The Morgan fingerprint density at radius 3 is 2.90 bits per heavy atom. The zero-order chi connectivity index (χ0) is 14.8. The number of aryl methyl sites for hydroxylation is 1. The average molecular weight is 354 g/mol. The van der Waals surface area contributed by atoms with E-state index >= 15 is 0 Å². The van der Waals surface area contributed by atoms with Crippen LogP contribution >= 0.6 is 15.9 Å². The zero-order valence-electron chi connectivity index (χ0n) is 11.8. The van der Waals surface area contributed by atoms with Crippen LogP contribution in [0.3, 0.4) is 0 Å². The molecule has 3 nitrogen and oxygen atoms in total. The summed E-state index contributed by atoms with van der Waals surface area (Å²) in [4.78, 5) is 0. The van der Waals surface area contributed by atoms with E-state index in [4.69, 9.17) is 9.15 Å². The summed E-state index contributed by atoms with van der Waals surface area (Å²) in [5, 5.41) is 3.43. The Kier molecular flexibility index (Phi) is 4.31. The predicted octanol–water partition coefficient (Wildman–Crippen LogP) is 4.32. The molecule has 5 heteroatoms. The van der Waals surface area contributed by atoms with Crippen LogP contribution in [0.4, 0.5) is 4.39 Å². The first-order valence-corrected chi connectivity index (χ1v) is 7.80. The highest BCUT2D eigenvalue weighted by Crippen LogP contribution is 2.23. The van der Waals surface area contributed by atoms with Crippen molar-refractivity contribution in [3.8, 4) is 5.75 Å². The van der Waals surface area contributed by atoms with Crippen LogP contribution < -0.4 is 10.1 Å². The summed E-state index contributed by atoms with van der Waals surface area (Å²) >= 11 is 3.12.